The highest BCUT2D eigenvalue weighted by atomic mass is 16.4. The number of hydrogen-bond donors (Lipinski definition) is 3. The van der Waals surface area contributed by atoms with Crippen molar-refractivity contribution in [2.75, 3.05) is 6.54 Å². The van der Waals surface area contributed by atoms with Crippen molar-refractivity contribution in [3.63, 3.8) is 0 Å². The minimum absolute atomic E-state index is 0.0195. The molecule has 52 valence electrons. The fraction of sp³-hybridized carbons (Fsp3) is 0.800. The van der Waals surface area contributed by atoms with Gasteiger partial charge in [-0.05, 0) is 6.42 Å². The average Bonchev–Trinajstić information content (AvgIpc) is 2.14. The molecule has 2 atom stereocenters. The highest BCUT2D eigenvalue weighted by Crippen LogP contribution is 2.03. The van der Waals surface area contributed by atoms with E-state index in [1.165, 1.54) is 0 Å². The Labute approximate surface area is 53.0 Å². The molecule has 1 aliphatic rings. The zero-order chi connectivity index (χ0) is 6.85. The first-order chi connectivity index (χ1) is 4.20. The first-order valence-electron chi connectivity index (χ1n) is 2.92. The van der Waals surface area contributed by atoms with Gasteiger partial charge in [-0.15, -0.1) is 0 Å². The molecule has 4 heteroatoms. The van der Waals surface area contributed by atoms with Crippen molar-refractivity contribution in [3.05, 3.63) is 0 Å². The Kier molecular flexibility index (Phi) is 1.68. The molecule has 4 N–H and O–H groups in total. The average molecular weight is 130 g/mol. The first kappa shape index (κ1) is 6.51. The lowest BCUT2D eigenvalue weighted by atomic mass is 10.2. The molecule has 9 heavy (non-hydrogen) atoms. The Morgan fingerprint density at radius 2 is 2.44 bits per heavy atom. The van der Waals surface area contributed by atoms with E-state index in [0.29, 0.717) is 13.0 Å². The summed E-state index contributed by atoms with van der Waals surface area (Å²) in [4.78, 5) is 10.2. The number of rotatable bonds is 1. The van der Waals surface area contributed by atoms with Crippen LogP contribution in [-0.2, 0) is 4.79 Å². The number of nitrogens with one attached hydrogen (secondary N) is 1. The van der Waals surface area contributed by atoms with Crippen LogP contribution in [0.4, 0.5) is 0 Å². The van der Waals surface area contributed by atoms with Crippen LogP contribution in [0.3, 0.4) is 0 Å². The molecule has 0 spiro atoms. The molecule has 1 rings (SSSR count). The zero-order valence-corrected chi connectivity index (χ0v) is 5.00. The molecular formula is C5H10N2O2. The summed E-state index contributed by atoms with van der Waals surface area (Å²) in [6, 6.07) is -0.397. The summed E-state index contributed by atoms with van der Waals surface area (Å²) in [7, 11) is 0. The van der Waals surface area contributed by atoms with Gasteiger partial charge in [0.05, 0.1) is 0 Å². The molecule has 1 saturated heterocycles. The second kappa shape index (κ2) is 2.33. The minimum Gasteiger partial charge on any atom is -0.480 e. The van der Waals surface area contributed by atoms with Crippen LogP contribution in [0.15, 0.2) is 0 Å². The van der Waals surface area contributed by atoms with Gasteiger partial charge in [-0.1, -0.05) is 0 Å². The molecule has 4 nitrogen and oxygen atoms in total. The molecule has 0 saturated carbocycles. The summed E-state index contributed by atoms with van der Waals surface area (Å²) < 4.78 is 0. The fourth-order valence-electron chi connectivity index (χ4n) is 0.951. The van der Waals surface area contributed by atoms with Crippen LogP contribution >= 0.6 is 0 Å². The van der Waals surface area contributed by atoms with E-state index in [0.717, 1.165) is 0 Å². The quantitative estimate of drug-likeness (QED) is 0.415. The first-order valence-corrected chi connectivity index (χ1v) is 2.92. The van der Waals surface area contributed by atoms with E-state index in [1.807, 2.05) is 0 Å². The lowest BCUT2D eigenvalue weighted by molar-refractivity contribution is -0.139. The summed E-state index contributed by atoms with van der Waals surface area (Å²) >= 11 is 0. The van der Waals surface area contributed by atoms with Gasteiger partial charge < -0.3 is 16.2 Å². The Bertz CT molecular complexity index is 126. The summed E-state index contributed by atoms with van der Waals surface area (Å²) in [6.45, 7) is 0.622. The maximum absolute atomic E-state index is 10.2. The highest BCUT2D eigenvalue weighted by molar-refractivity contribution is 5.73. The Morgan fingerprint density at radius 1 is 1.78 bits per heavy atom. The smallest absolute Gasteiger partial charge is 0.320 e. The zero-order valence-electron chi connectivity index (χ0n) is 5.00. The molecule has 0 aliphatic carbocycles. The van der Waals surface area contributed by atoms with E-state index in [9.17, 15) is 4.79 Å². The number of aliphatic carboxylic acids is 1. The fourth-order valence-corrected chi connectivity index (χ4v) is 0.951. The van der Waals surface area contributed by atoms with Gasteiger partial charge in [0.25, 0.3) is 0 Å². The molecule has 1 fully saturated rings. The van der Waals surface area contributed by atoms with Gasteiger partial charge >= 0.3 is 5.97 Å². The standard InChI is InChI=1S/C5H10N2O2/c6-3-1-4(5(8)9)7-2-3/h3-4,7H,1-2,6H2,(H,8,9). The predicted molar refractivity (Wildman–Crippen MR) is 32.0 cm³/mol. The molecule has 1 aliphatic heterocycles. The molecule has 0 aromatic heterocycles. The maximum Gasteiger partial charge on any atom is 0.320 e. The van der Waals surface area contributed by atoms with Crippen molar-refractivity contribution in [3.8, 4) is 0 Å². The number of carboxylic acid groups (broad SMARTS) is 1. The summed E-state index contributed by atoms with van der Waals surface area (Å²) in [5, 5.41) is 11.2. The van der Waals surface area contributed by atoms with E-state index >= 15 is 0 Å². The summed E-state index contributed by atoms with van der Waals surface area (Å²) in [6.07, 6.45) is 0.551. The SMILES string of the molecule is NC1CNC(C(=O)O)C1. The Hall–Kier alpha value is -0.610. The van der Waals surface area contributed by atoms with E-state index in [1.54, 1.807) is 0 Å². The van der Waals surface area contributed by atoms with Crippen molar-refractivity contribution in [2.24, 2.45) is 5.73 Å². The van der Waals surface area contributed by atoms with Gasteiger partial charge in [-0.3, -0.25) is 4.79 Å². The van der Waals surface area contributed by atoms with E-state index in [-0.39, 0.29) is 6.04 Å². The number of carboxylic acids is 1. The lowest BCUT2D eigenvalue weighted by Gasteiger charge is -2.00. The lowest BCUT2D eigenvalue weighted by Crippen LogP contribution is -2.30. The van der Waals surface area contributed by atoms with Crippen LogP contribution in [0.25, 0.3) is 0 Å². The van der Waals surface area contributed by atoms with E-state index < -0.39 is 12.0 Å². The molecule has 0 aromatic rings. The molecule has 0 radical (unpaired) electrons. The van der Waals surface area contributed by atoms with Crippen LogP contribution in [-0.4, -0.2) is 29.7 Å². The van der Waals surface area contributed by atoms with Crippen molar-refractivity contribution in [1.82, 2.24) is 5.32 Å². The minimum atomic E-state index is -0.803. The summed E-state index contributed by atoms with van der Waals surface area (Å²) in [5.74, 6) is -0.803. The van der Waals surface area contributed by atoms with Crippen LogP contribution in [0.5, 0.6) is 0 Å². The summed E-state index contributed by atoms with van der Waals surface area (Å²) in [5.41, 5.74) is 5.44. The van der Waals surface area contributed by atoms with Gasteiger partial charge in [-0.2, -0.15) is 0 Å². The third-order valence-electron chi connectivity index (χ3n) is 1.46. The highest BCUT2D eigenvalue weighted by Gasteiger charge is 2.26. The van der Waals surface area contributed by atoms with Gasteiger partial charge in [-0.25, -0.2) is 0 Å². The van der Waals surface area contributed by atoms with Crippen LogP contribution < -0.4 is 11.1 Å². The van der Waals surface area contributed by atoms with Crippen molar-refractivity contribution in [1.29, 1.82) is 0 Å². The molecule has 1 heterocycles. The predicted octanol–water partition coefficient (Wildman–Crippen LogP) is -1.24. The third kappa shape index (κ3) is 1.40. The topological polar surface area (TPSA) is 75.3 Å². The molecule has 2 unspecified atom stereocenters. The van der Waals surface area contributed by atoms with Gasteiger partial charge in [0, 0.05) is 12.6 Å². The molecule has 0 aromatic carbocycles. The normalized spacial score (nSPS) is 34.8. The van der Waals surface area contributed by atoms with Gasteiger partial charge in [0.1, 0.15) is 6.04 Å². The van der Waals surface area contributed by atoms with Gasteiger partial charge in [0.2, 0.25) is 0 Å². The number of carbonyl (C=O) groups is 1. The Balaban J connectivity index is 2.39. The van der Waals surface area contributed by atoms with E-state index in [4.69, 9.17) is 10.8 Å². The van der Waals surface area contributed by atoms with Gasteiger partial charge in [0.15, 0.2) is 0 Å². The number of hydrogen-bond acceptors (Lipinski definition) is 3. The molecule has 0 amide bonds. The maximum atomic E-state index is 10.2. The largest absolute Gasteiger partial charge is 0.480 e. The number of nitrogens with two attached hydrogens (primary N) is 1. The van der Waals surface area contributed by atoms with Crippen LogP contribution in [0.2, 0.25) is 0 Å². The van der Waals surface area contributed by atoms with Crippen LogP contribution in [0, 0.1) is 0 Å². The van der Waals surface area contributed by atoms with Crippen molar-refractivity contribution in [2.45, 2.75) is 18.5 Å². The van der Waals surface area contributed by atoms with Crippen molar-refractivity contribution < 1.29 is 9.90 Å². The second-order valence-electron chi connectivity index (χ2n) is 2.29. The van der Waals surface area contributed by atoms with E-state index in [2.05, 4.69) is 5.32 Å². The monoisotopic (exact) mass is 130 g/mol. The Morgan fingerprint density at radius 3 is 2.67 bits per heavy atom. The van der Waals surface area contributed by atoms with Crippen molar-refractivity contribution >= 4 is 5.97 Å². The third-order valence-corrected chi connectivity index (χ3v) is 1.46. The van der Waals surface area contributed by atoms with Crippen LogP contribution in [0.1, 0.15) is 6.42 Å². The molecular weight excluding hydrogens is 120 g/mol. The molecule has 0 bridgehead atoms. The second-order valence-corrected chi connectivity index (χ2v) is 2.29.